The van der Waals surface area contributed by atoms with Crippen LogP contribution in [0.1, 0.15) is 90.4 Å². The number of hydrogen-bond donors (Lipinski definition) is 4. The molecule has 4 N–H and O–H groups in total. The van der Waals surface area contributed by atoms with Crippen LogP contribution in [0.15, 0.2) is 0 Å². The monoisotopic (exact) mass is 432 g/mol. The Balaban J connectivity index is 0. The first-order valence-electron chi connectivity index (χ1n) is 10.4. The molecule has 0 fully saturated rings. The minimum atomic E-state index is -4.49. The van der Waals surface area contributed by atoms with E-state index in [0.717, 1.165) is 19.3 Å². The molecule has 9 heteroatoms. The molecule has 0 rings (SSSR count). The molecule has 0 heterocycles. The van der Waals surface area contributed by atoms with E-state index in [1.165, 1.54) is 51.4 Å². The molecule has 0 saturated heterocycles. The number of carbonyl (C=O) groups is 1. The van der Waals surface area contributed by atoms with E-state index in [1.54, 1.807) is 0 Å². The Hall–Kier alpha value is 0.300. The Labute approximate surface area is 193 Å². The van der Waals surface area contributed by atoms with Crippen LogP contribution in [0.2, 0.25) is 0 Å². The molecule has 0 bridgehead atoms. The van der Waals surface area contributed by atoms with E-state index in [-0.39, 0.29) is 42.5 Å². The van der Waals surface area contributed by atoms with Gasteiger partial charge in [-0.2, -0.15) is 8.42 Å². The second kappa shape index (κ2) is 19.3. The van der Waals surface area contributed by atoms with Crippen molar-refractivity contribution in [2.45, 2.75) is 102 Å². The maximum atomic E-state index is 11.9. The molecule has 0 aromatic rings. The number of amides is 1. The van der Waals surface area contributed by atoms with Gasteiger partial charge >= 0.3 is 0 Å². The van der Waals surface area contributed by atoms with Crippen molar-refractivity contribution in [1.29, 1.82) is 0 Å². The first-order chi connectivity index (χ1) is 12.8. The molecule has 1 radical (unpaired) electrons. The van der Waals surface area contributed by atoms with E-state index >= 15 is 0 Å². The molecular weight excluding hydrogens is 393 g/mol. The van der Waals surface area contributed by atoms with E-state index in [0.29, 0.717) is 6.42 Å². The van der Waals surface area contributed by atoms with Crippen molar-refractivity contribution in [3.05, 3.63) is 0 Å². The number of hydrogen-bond acceptors (Lipinski definition) is 5. The third-order valence-corrected chi connectivity index (χ3v) is 5.86. The Bertz CT molecular complexity index is 475. The number of rotatable bonds is 18. The van der Waals surface area contributed by atoms with E-state index in [2.05, 4.69) is 12.2 Å². The molecule has 0 aliphatic carbocycles. The summed E-state index contributed by atoms with van der Waals surface area (Å²) in [5, 5.41) is 18.6. The first kappa shape index (κ1) is 30.5. The minimum Gasteiger partial charge on any atom is -0.394 e. The summed E-state index contributed by atoms with van der Waals surface area (Å²) in [6.45, 7) is 1.43. The molecule has 163 valence electrons. The van der Waals surface area contributed by atoms with Crippen LogP contribution in [-0.2, 0) is 14.9 Å². The number of nitrogens with one attached hydrogen (secondary N) is 1. The topological polar surface area (TPSA) is 124 Å². The van der Waals surface area contributed by atoms with Crippen LogP contribution in [0, 0.1) is 0 Å². The molecular formula is C19H39NNaO6S. The second-order valence-corrected chi connectivity index (χ2v) is 8.86. The van der Waals surface area contributed by atoms with Crippen LogP contribution >= 0.6 is 0 Å². The van der Waals surface area contributed by atoms with Gasteiger partial charge in [0.1, 0.15) is 0 Å². The van der Waals surface area contributed by atoms with E-state index in [9.17, 15) is 22.9 Å². The van der Waals surface area contributed by atoms with Crippen LogP contribution in [-0.4, -0.2) is 83.2 Å². The number of unbranched alkanes of at least 4 members (excludes halogenated alkanes) is 11. The van der Waals surface area contributed by atoms with Gasteiger partial charge in [0.15, 0.2) is 5.25 Å². The zero-order valence-corrected chi connectivity index (χ0v) is 20.6. The standard InChI is InChI=1S/C19H39NO6S.Na/c1-2-3-4-5-6-7-8-9-10-11-12-13-14-18(27(24,25)26)19(23)20-15-17(22)16-21;/h17-18,21-22H,2-16H2,1H3,(H,20,23)(H,24,25,26);. The van der Waals surface area contributed by atoms with Gasteiger partial charge in [-0.3, -0.25) is 9.35 Å². The number of aliphatic hydroxyl groups excluding tert-OH is 2. The number of aliphatic hydroxyl groups is 2. The molecule has 0 aliphatic heterocycles. The van der Waals surface area contributed by atoms with Gasteiger partial charge in [0.25, 0.3) is 10.1 Å². The largest absolute Gasteiger partial charge is 0.394 e. The van der Waals surface area contributed by atoms with Gasteiger partial charge in [-0.1, -0.05) is 84.0 Å². The summed E-state index contributed by atoms with van der Waals surface area (Å²) in [6, 6.07) is 0. The van der Waals surface area contributed by atoms with Crippen LogP contribution in [0.5, 0.6) is 0 Å². The summed E-state index contributed by atoms with van der Waals surface area (Å²) in [5.74, 6) is -0.840. The van der Waals surface area contributed by atoms with Crippen molar-refractivity contribution < 1.29 is 28.0 Å². The molecule has 2 atom stereocenters. The Morgan fingerprint density at radius 3 is 1.71 bits per heavy atom. The summed E-state index contributed by atoms with van der Waals surface area (Å²) < 4.78 is 32.1. The molecule has 0 spiro atoms. The van der Waals surface area contributed by atoms with Crippen LogP contribution < -0.4 is 5.32 Å². The van der Waals surface area contributed by atoms with Crippen molar-refractivity contribution in [2.24, 2.45) is 0 Å². The molecule has 0 saturated carbocycles. The molecule has 0 aromatic carbocycles. The SMILES string of the molecule is CCCCCCCCCCCCCCC(C(=O)NCC(O)CO)S(=O)(=O)O.[Na]. The molecule has 0 aromatic heterocycles. The summed E-state index contributed by atoms with van der Waals surface area (Å²) in [4.78, 5) is 11.9. The van der Waals surface area contributed by atoms with Gasteiger partial charge < -0.3 is 15.5 Å². The Morgan fingerprint density at radius 1 is 0.893 bits per heavy atom. The molecule has 2 unspecified atom stereocenters. The zero-order valence-electron chi connectivity index (χ0n) is 17.7. The fourth-order valence-electron chi connectivity index (χ4n) is 2.98. The van der Waals surface area contributed by atoms with E-state index in [4.69, 9.17) is 5.11 Å². The zero-order chi connectivity index (χ0) is 20.5. The van der Waals surface area contributed by atoms with Crippen molar-refractivity contribution in [2.75, 3.05) is 13.2 Å². The van der Waals surface area contributed by atoms with E-state index in [1.807, 2.05) is 0 Å². The summed E-state index contributed by atoms with van der Waals surface area (Å²) in [6.07, 6.45) is 12.6. The third kappa shape index (κ3) is 17.2. The van der Waals surface area contributed by atoms with Crippen molar-refractivity contribution in [3.63, 3.8) is 0 Å². The van der Waals surface area contributed by atoms with E-state index < -0.39 is 34.0 Å². The summed E-state index contributed by atoms with van der Waals surface area (Å²) in [5.41, 5.74) is 0. The minimum absolute atomic E-state index is 0. The molecule has 28 heavy (non-hydrogen) atoms. The van der Waals surface area contributed by atoms with Crippen molar-refractivity contribution >= 4 is 45.6 Å². The van der Waals surface area contributed by atoms with Gasteiger partial charge in [0.05, 0.1) is 12.7 Å². The quantitative estimate of drug-likeness (QED) is 0.150. The summed E-state index contributed by atoms with van der Waals surface area (Å²) >= 11 is 0. The van der Waals surface area contributed by atoms with Crippen molar-refractivity contribution in [1.82, 2.24) is 5.32 Å². The van der Waals surface area contributed by atoms with Gasteiger partial charge in [-0.05, 0) is 6.42 Å². The fourth-order valence-corrected chi connectivity index (χ4v) is 3.80. The third-order valence-electron chi connectivity index (χ3n) is 4.69. The average molecular weight is 433 g/mol. The average Bonchev–Trinajstić information content (AvgIpc) is 2.62. The van der Waals surface area contributed by atoms with Crippen molar-refractivity contribution in [3.8, 4) is 0 Å². The van der Waals surface area contributed by atoms with Gasteiger partial charge in [0.2, 0.25) is 5.91 Å². The smallest absolute Gasteiger partial charge is 0.276 e. The molecule has 7 nitrogen and oxygen atoms in total. The molecule has 0 aliphatic rings. The fraction of sp³-hybridized carbons (Fsp3) is 0.947. The van der Waals surface area contributed by atoms with Crippen LogP contribution in [0.3, 0.4) is 0 Å². The number of carbonyl (C=O) groups excluding carboxylic acids is 1. The van der Waals surface area contributed by atoms with Crippen LogP contribution in [0.25, 0.3) is 0 Å². The normalized spacial score (nSPS) is 13.6. The van der Waals surface area contributed by atoms with Gasteiger partial charge in [-0.25, -0.2) is 0 Å². The predicted octanol–water partition coefficient (Wildman–Crippen LogP) is 2.42. The van der Waals surface area contributed by atoms with Gasteiger partial charge in [0, 0.05) is 36.1 Å². The first-order valence-corrected chi connectivity index (χ1v) is 11.9. The summed E-state index contributed by atoms with van der Waals surface area (Å²) in [7, 11) is -4.49. The predicted molar refractivity (Wildman–Crippen MR) is 113 cm³/mol. The second-order valence-electron chi connectivity index (χ2n) is 7.26. The maximum Gasteiger partial charge on any atom is 0.276 e. The maximum absolute atomic E-state index is 11.9. The Kier molecular flexibility index (Phi) is 21.0. The molecule has 1 amide bonds. The van der Waals surface area contributed by atoms with Gasteiger partial charge in [-0.15, -0.1) is 0 Å². The Morgan fingerprint density at radius 2 is 1.32 bits per heavy atom. The van der Waals surface area contributed by atoms with Crippen LogP contribution in [0.4, 0.5) is 0 Å².